The molecule has 1 nitrogen and oxygen atoms in total. The van der Waals surface area contributed by atoms with Crippen LogP contribution in [0, 0.1) is 11.6 Å². The minimum Gasteiger partial charge on any atom is -0.389 e. The molecule has 0 aliphatic carbocycles. The highest BCUT2D eigenvalue weighted by Gasteiger charge is 2.41. The summed E-state index contributed by atoms with van der Waals surface area (Å²) < 4.78 is 26.4. The van der Waals surface area contributed by atoms with E-state index in [1.807, 2.05) is 11.8 Å². The van der Waals surface area contributed by atoms with Crippen molar-refractivity contribution in [1.29, 1.82) is 0 Å². The number of hydrogen-bond donors (Lipinski definition) is 1. The number of halogens is 2. The smallest absolute Gasteiger partial charge is 0.126 e. The Morgan fingerprint density at radius 2 is 1.68 bits per heavy atom. The van der Waals surface area contributed by atoms with Gasteiger partial charge in [-0.05, 0) is 43.4 Å². The first-order valence-electron chi connectivity index (χ1n) is 6.85. The maximum atomic E-state index is 13.2. The largest absolute Gasteiger partial charge is 0.389 e. The van der Waals surface area contributed by atoms with Crippen LogP contribution in [-0.4, -0.2) is 21.2 Å². The van der Waals surface area contributed by atoms with Gasteiger partial charge in [-0.15, -0.1) is 0 Å². The molecule has 1 aromatic carbocycles. The molecule has 0 saturated carbocycles. The number of fused-ring (bicyclic) bond motifs is 2. The fraction of sp³-hybridized carbons (Fsp3) is 0.600. The molecule has 2 unspecified atom stereocenters. The molecule has 19 heavy (non-hydrogen) atoms. The van der Waals surface area contributed by atoms with Crippen LogP contribution in [0.4, 0.5) is 8.78 Å². The molecular weight excluding hydrogens is 266 g/mol. The molecule has 0 radical (unpaired) electrons. The summed E-state index contributed by atoms with van der Waals surface area (Å²) in [6, 6.07) is 3.54. The van der Waals surface area contributed by atoms with Crippen LogP contribution in [0.2, 0.25) is 0 Å². The number of benzene rings is 1. The third-order valence-corrected chi connectivity index (χ3v) is 5.68. The van der Waals surface area contributed by atoms with Gasteiger partial charge in [0, 0.05) is 23.0 Å². The SMILES string of the molecule is OC1(Cc2cc(F)cc(F)c2)CC2CCCC(C1)S2. The second-order valence-electron chi connectivity index (χ2n) is 5.90. The van der Waals surface area contributed by atoms with Crippen molar-refractivity contribution in [2.24, 2.45) is 0 Å². The average Bonchev–Trinajstić information content (AvgIpc) is 2.25. The van der Waals surface area contributed by atoms with Crippen molar-refractivity contribution in [1.82, 2.24) is 0 Å². The Morgan fingerprint density at radius 1 is 1.11 bits per heavy atom. The van der Waals surface area contributed by atoms with E-state index >= 15 is 0 Å². The van der Waals surface area contributed by atoms with Crippen LogP contribution in [0.25, 0.3) is 0 Å². The predicted molar refractivity (Wildman–Crippen MR) is 73.3 cm³/mol. The quantitative estimate of drug-likeness (QED) is 0.894. The van der Waals surface area contributed by atoms with Crippen molar-refractivity contribution in [3.63, 3.8) is 0 Å². The van der Waals surface area contributed by atoms with Gasteiger partial charge in [0.2, 0.25) is 0 Å². The molecule has 2 aliphatic rings. The van der Waals surface area contributed by atoms with Crippen molar-refractivity contribution >= 4 is 11.8 Å². The lowest BCUT2D eigenvalue weighted by Gasteiger charge is -2.44. The van der Waals surface area contributed by atoms with E-state index in [2.05, 4.69) is 0 Å². The molecule has 2 saturated heterocycles. The number of aliphatic hydroxyl groups is 1. The molecule has 0 spiro atoms. The molecule has 1 aromatic rings. The van der Waals surface area contributed by atoms with Gasteiger partial charge >= 0.3 is 0 Å². The first-order chi connectivity index (χ1) is 9.02. The average molecular weight is 284 g/mol. The molecule has 0 amide bonds. The maximum Gasteiger partial charge on any atom is 0.126 e. The van der Waals surface area contributed by atoms with Crippen molar-refractivity contribution in [3.8, 4) is 0 Å². The lowest BCUT2D eigenvalue weighted by Crippen LogP contribution is -2.44. The second-order valence-corrected chi connectivity index (χ2v) is 7.50. The van der Waals surface area contributed by atoms with Crippen LogP contribution < -0.4 is 0 Å². The first-order valence-corrected chi connectivity index (χ1v) is 7.80. The van der Waals surface area contributed by atoms with Gasteiger partial charge < -0.3 is 5.11 Å². The van der Waals surface area contributed by atoms with Crippen molar-refractivity contribution in [2.75, 3.05) is 0 Å². The van der Waals surface area contributed by atoms with Crippen LogP contribution in [0.15, 0.2) is 18.2 Å². The summed E-state index contributed by atoms with van der Waals surface area (Å²) in [6.07, 6.45) is 5.39. The van der Waals surface area contributed by atoms with Gasteiger partial charge in [0.05, 0.1) is 5.60 Å². The van der Waals surface area contributed by atoms with Crippen molar-refractivity contribution < 1.29 is 13.9 Å². The van der Waals surface area contributed by atoms with E-state index in [-0.39, 0.29) is 0 Å². The number of rotatable bonds is 2. The van der Waals surface area contributed by atoms with Crippen molar-refractivity contribution in [2.45, 2.75) is 54.6 Å². The van der Waals surface area contributed by atoms with Gasteiger partial charge in [-0.1, -0.05) is 6.42 Å². The third kappa shape index (κ3) is 3.11. The minimum absolute atomic E-state index is 0.356. The first kappa shape index (κ1) is 13.4. The summed E-state index contributed by atoms with van der Waals surface area (Å²) in [7, 11) is 0. The Bertz CT molecular complexity index is 445. The Hall–Kier alpha value is -0.610. The van der Waals surface area contributed by atoms with Gasteiger partial charge in [0.25, 0.3) is 0 Å². The van der Waals surface area contributed by atoms with E-state index in [9.17, 15) is 13.9 Å². The fourth-order valence-electron chi connectivity index (χ4n) is 3.45. The lowest BCUT2D eigenvalue weighted by molar-refractivity contribution is 0.0129. The van der Waals surface area contributed by atoms with Gasteiger partial charge in [0.15, 0.2) is 0 Å². The molecular formula is C15H18F2OS. The highest BCUT2D eigenvalue weighted by molar-refractivity contribution is 8.00. The maximum absolute atomic E-state index is 13.2. The van der Waals surface area contributed by atoms with E-state index in [0.717, 1.165) is 31.7 Å². The standard InChI is InChI=1S/C15H18F2OS/c16-11-4-10(5-12(17)6-11)7-15(18)8-13-2-1-3-14(9-15)19-13/h4-6,13-14,18H,1-3,7-9H2. The summed E-state index contributed by atoms with van der Waals surface area (Å²) in [6.45, 7) is 0. The van der Waals surface area contributed by atoms with E-state index in [0.29, 0.717) is 22.5 Å². The van der Waals surface area contributed by atoms with Crippen LogP contribution >= 0.6 is 11.8 Å². The normalized spacial score (nSPS) is 34.3. The lowest BCUT2D eigenvalue weighted by atomic mass is 9.81. The summed E-state index contributed by atoms with van der Waals surface area (Å²) in [5.41, 5.74) is -0.230. The zero-order valence-electron chi connectivity index (χ0n) is 10.7. The zero-order valence-corrected chi connectivity index (χ0v) is 11.6. The summed E-state index contributed by atoms with van der Waals surface area (Å²) in [5.74, 6) is -1.13. The molecule has 3 rings (SSSR count). The highest BCUT2D eigenvalue weighted by atomic mass is 32.2. The molecule has 2 fully saturated rings. The van der Waals surface area contributed by atoms with Gasteiger partial charge in [-0.2, -0.15) is 11.8 Å². The van der Waals surface area contributed by atoms with E-state index in [1.54, 1.807) is 0 Å². The van der Waals surface area contributed by atoms with Gasteiger partial charge in [-0.25, -0.2) is 8.78 Å². The monoisotopic (exact) mass is 284 g/mol. The molecule has 2 aliphatic heterocycles. The van der Waals surface area contributed by atoms with Gasteiger partial charge in [0.1, 0.15) is 11.6 Å². The minimum atomic E-state index is -0.790. The summed E-state index contributed by atoms with van der Waals surface area (Å²) in [4.78, 5) is 0. The fourth-order valence-corrected chi connectivity index (χ4v) is 5.41. The second kappa shape index (κ2) is 5.06. The van der Waals surface area contributed by atoms with Crippen LogP contribution in [0.3, 0.4) is 0 Å². The van der Waals surface area contributed by atoms with Crippen LogP contribution in [-0.2, 0) is 6.42 Å². The van der Waals surface area contributed by atoms with E-state index in [1.165, 1.54) is 18.6 Å². The van der Waals surface area contributed by atoms with E-state index in [4.69, 9.17) is 0 Å². The van der Waals surface area contributed by atoms with Crippen molar-refractivity contribution in [3.05, 3.63) is 35.4 Å². The Labute approximate surface area is 116 Å². The number of thioether (sulfide) groups is 1. The van der Waals surface area contributed by atoms with Gasteiger partial charge in [-0.3, -0.25) is 0 Å². The van der Waals surface area contributed by atoms with Crippen LogP contribution in [0.5, 0.6) is 0 Å². The summed E-state index contributed by atoms with van der Waals surface area (Å²) in [5, 5.41) is 11.8. The summed E-state index contributed by atoms with van der Waals surface area (Å²) >= 11 is 1.98. The topological polar surface area (TPSA) is 20.2 Å². The molecule has 1 N–H and O–H groups in total. The molecule has 2 bridgehead atoms. The Kier molecular flexibility index (Phi) is 3.56. The number of hydrogen-bond acceptors (Lipinski definition) is 2. The van der Waals surface area contributed by atoms with E-state index < -0.39 is 17.2 Å². The third-order valence-electron chi connectivity index (χ3n) is 4.11. The molecule has 0 aromatic heterocycles. The Balaban J connectivity index is 1.77. The Morgan fingerprint density at radius 3 is 2.26 bits per heavy atom. The molecule has 104 valence electrons. The molecule has 2 atom stereocenters. The predicted octanol–water partition coefficient (Wildman–Crippen LogP) is 3.69. The highest BCUT2D eigenvalue weighted by Crippen LogP contribution is 2.46. The molecule has 2 heterocycles. The zero-order chi connectivity index (χ0) is 13.5. The van der Waals surface area contributed by atoms with Crippen LogP contribution in [0.1, 0.15) is 37.7 Å². The molecule has 4 heteroatoms.